The summed E-state index contributed by atoms with van der Waals surface area (Å²) in [5.74, 6) is -0.813. The molecule has 2 aromatic rings. The Labute approximate surface area is 138 Å². The minimum absolute atomic E-state index is 0.0470. The summed E-state index contributed by atoms with van der Waals surface area (Å²) in [5.41, 5.74) is 1.05. The Kier molecular flexibility index (Phi) is 4.76. The molecule has 1 aromatic heterocycles. The molecule has 1 aliphatic heterocycles. The van der Waals surface area contributed by atoms with Gasteiger partial charge in [0.15, 0.2) is 0 Å². The van der Waals surface area contributed by atoms with Gasteiger partial charge in [-0.25, -0.2) is 4.39 Å². The monoisotopic (exact) mass is 330 g/mol. The minimum Gasteiger partial charge on any atom is -0.376 e. The molecule has 24 heavy (non-hydrogen) atoms. The highest BCUT2D eigenvalue weighted by molar-refractivity contribution is 5.94. The van der Waals surface area contributed by atoms with Crippen LogP contribution in [0, 0.1) is 12.7 Å². The van der Waals surface area contributed by atoms with Crippen molar-refractivity contribution in [2.24, 2.45) is 0 Å². The molecule has 0 saturated carbocycles. The Balaban J connectivity index is 1.87. The average Bonchev–Trinajstić information content (AvgIpc) is 3.07. The van der Waals surface area contributed by atoms with E-state index >= 15 is 0 Å². The summed E-state index contributed by atoms with van der Waals surface area (Å²) in [6, 6.07) is 8.70. The van der Waals surface area contributed by atoms with Crippen LogP contribution in [0.4, 0.5) is 4.39 Å². The van der Waals surface area contributed by atoms with Crippen molar-refractivity contribution >= 4 is 5.91 Å². The number of H-pyrrole nitrogens is 1. The Morgan fingerprint density at radius 1 is 1.29 bits per heavy atom. The number of carbonyl (C=O) groups is 1. The smallest absolute Gasteiger partial charge is 0.260 e. The lowest BCUT2D eigenvalue weighted by Crippen LogP contribution is -2.38. The van der Waals surface area contributed by atoms with Crippen LogP contribution in [0.15, 0.2) is 41.2 Å². The van der Waals surface area contributed by atoms with Gasteiger partial charge < -0.3 is 15.0 Å². The first-order chi connectivity index (χ1) is 11.5. The summed E-state index contributed by atoms with van der Waals surface area (Å²) in [5, 5.41) is 2.86. The van der Waals surface area contributed by atoms with Crippen molar-refractivity contribution in [1.29, 1.82) is 0 Å². The van der Waals surface area contributed by atoms with Crippen LogP contribution in [0.5, 0.6) is 0 Å². The van der Waals surface area contributed by atoms with Crippen LogP contribution in [-0.4, -0.2) is 23.6 Å². The van der Waals surface area contributed by atoms with E-state index in [2.05, 4.69) is 10.3 Å². The van der Waals surface area contributed by atoms with Crippen molar-refractivity contribution in [3.63, 3.8) is 0 Å². The third-order valence-electron chi connectivity index (χ3n) is 4.15. The number of hydrogen-bond acceptors (Lipinski definition) is 3. The molecule has 1 aromatic carbocycles. The van der Waals surface area contributed by atoms with Crippen LogP contribution >= 0.6 is 0 Å². The molecule has 0 spiro atoms. The van der Waals surface area contributed by atoms with Gasteiger partial charge in [0.2, 0.25) is 0 Å². The molecule has 3 rings (SSSR count). The summed E-state index contributed by atoms with van der Waals surface area (Å²) < 4.78 is 18.9. The second kappa shape index (κ2) is 6.97. The standard InChI is InChI=1S/C18H19FN2O3/c1-11-4-9-14(17(22)20-11)18(23)21-16(15-3-2-10-24-15)12-5-7-13(19)8-6-12/h4-9,15-16H,2-3,10H2,1H3,(H,20,22)(H,21,23)/t15-,16+/m1/s1. The maximum Gasteiger partial charge on any atom is 0.260 e. The first-order valence-electron chi connectivity index (χ1n) is 7.92. The molecular weight excluding hydrogens is 311 g/mol. The average molecular weight is 330 g/mol. The molecule has 1 fully saturated rings. The van der Waals surface area contributed by atoms with E-state index in [-0.39, 0.29) is 17.5 Å². The van der Waals surface area contributed by atoms with Gasteiger partial charge in [0.1, 0.15) is 11.4 Å². The van der Waals surface area contributed by atoms with Crippen LogP contribution in [0.25, 0.3) is 0 Å². The largest absolute Gasteiger partial charge is 0.376 e. The van der Waals surface area contributed by atoms with Crippen molar-refractivity contribution < 1.29 is 13.9 Å². The van der Waals surface area contributed by atoms with Crippen molar-refractivity contribution in [1.82, 2.24) is 10.3 Å². The van der Waals surface area contributed by atoms with Crippen molar-refractivity contribution in [2.75, 3.05) is 6.61 Å². The fraction of sp³-hybridized carbons (Fsp3) is 0.333. The van der Waals surface area contributed by atoms with Crippen LogP contribution in [0.2, 0.25) is 0 Å². The minimum atomic E-state index is -0.471. The number of aromatic nitrogens is 1. The topological polar surface area (TPSA) is 71.2 Å². The molecule has 2 atom stereocenters. The number of ether oxygens (including phenoxy) is 1. The Hall–Kier alpha value is -2.47. The van der Waals surface area contributed by atoms with Gasteiger partial charge in [-0.1, -0.05) is 12.1 Å². The van der Waals surface area contributed by atoms with Crippen LogP contribution < -0.4 is 10.9 Å². The van der Waals surface area contributed by atoms with Gasteiger partial charge in [-0.3, -0.25) is 9.59 Å². The van der Waals surface area contributed by atoms with E-state index in [1.165, 1.54) is 18.2 Å². The third kappa shape index (κ3) is 3.54. The van der Waals surface area contributed by atoms with Gasteiger partial charge in [-0.15, -0.1) is 0 Å². The van der Waals surface area contributed by atoms with E-state index in [0.29, 0.717) is 12.3 Å². The zero-order valence-corrected chi connectivity index (χ0v) is 13.3. The van der Waals surface area contributed by atoms with Crippen LogP contribution in [0.1, 0.15) is 40.5 Å². The predicted molar refractivity (Wildman–Crippen MR) is 87.4 cm³/mol. The van der Waals surface area contributed by atoms with Crippen molar-refractivity contribution in [3.8, 4) is 0 Å². The van der Waals surface area contributed by atoms with Gasteiger partial charge in [-0.2, -0.15) is 0 Å². The number of carbonyl (C=O) groups excluding carboxylic acids is 1. The summed E-state index contributed by atoms with van der Waals surface area (Å²) in [6.07, 6.45) is 1.51. The summed E-state index contributed by atoms with van der Waals surface area (Å²) in [7, 11) is 0. The van der Waals surface area contributed by atoms with Gasteiger partial charge in [0, 0.05) is 12.3 Å². The first-order valence-corrected chi connectivity index (χ1v) is 7.92. The lowest BCUT2D eigenvalue weighted by Gasteiger charge is -2.24. The highest BCUT2D eigenvalue weighted by Crippen LogP contribution is 2.27. The zero-order valence-electron chi connectivity index (χ0n) is 13.3. The van der Waals surface area contributed by atoms with Crippen molar-refractivity contribution in [2.45, 2.75) is 31.9 Å². The Morgan fingerprint density at radius 3 is 2.67 bits per heavy atom. The number of benzene rings is 1. The molecule has 2 heterocycles. The maximum atomic E-state index is 13.2. The molecule has 0 aliphatic carbocycles. The predicted octanol–water partition coefficient (Wildman–Crippen LogP) is 2.47. The lowest BCUT2D eigenvalue weighted by molar-refractivity contribution is 0.0671. The zero-order chi connectivity index (χ0) is 17.1. The van der Waals surface area contributed by atoms with E-state index < -0.39 is 17.5 Å². The molecule has 1 saturated heterocycles. The summed E-state index contributed by atoms with van der Waals surface area (Å²) >= 11 is 0. The molecule has 126 valence electrons. The third-order valence-corrected chi connectivity index (χ3v) is 4.15. The molecule has 2 N–H and O–H groups in total. The first kappa shape index (κ1) is 16.4. The molecule has 0 bridgehead atoms. The fourth-order valence-electron chi connectivity index (χ4n) is 2.90. The summed E-state index contributed by atoms with van der Waals surface area (Å²) in [6.45, 7) is 2.38. The second-order valence-corrected chi connectivity index (χ2v) is 5.94. The molecular formula is C18H19FN2O3. The van der Waals surface area contributed by atoms with Crippen LogP contribution in [-0.2, 0) is 4.74 Å². The van der Waals surface area contributed by atoms with E-state index in [1.807, 2.05) is 0 Å². The highest BCUT2D eigenvalue weighted by Gasteiger charge is 2.29. The number of aryl methyl sites for hydroxylation is 1. The molecule has 1 aliphatic rings. The molecule has 6 heteroatoms. The van der Waals surface area contributed by atoms with Gasteiger partial charge in [-0.05, 0) is 49.6 Å². The number of pyridine rings is 1. The number of rotatable bonds is 4. The van der Waals surface area contributed by atoms with Crippen LogP contribution in [0.3, 0.4) is 0 Å². The Bertz CT molecular complexity index is 780. The number of hydrogen-bond donors (Lipinski definition) is 2. The van der Waals surface area contributed by atoms with Gasteiger partial charge in [0.25, 0.3) is 11.5 Å². The quantitative estimate of drug-likeness (QED) is 0.905. The molecule has 0 radical (unpaired) electrons. The molecule has 0 unspecified atom stereocenters. The highest BCUT2D eigenvalue weighted by atomic mass is 19.1. The fourth-order valence-corrected chi connectivity index (χ4v) is 2.90. The second-order valence-electron chi connectivity index (χ2n) is 5.94. The Morgan fingerprint density at radius 2 is 2.04 bits per heavy atom. The number of amides is 1. The number of halogens is 1. The van der Waals surface area contributed by atoms with E-state index in [4.69, 9.17) is 4.74 Å². The SMILES string of the molecule is Cc1ccc(C(=O)N[C@@H](c2ccc(F)cc2)[C@H]2CCCO2)c(=O)[nH]1. The van der Waals surface area contributed by atoms with E-state index in [9.17, 15) is 14.0 Å². The lowest BCUT2D eigenvalue weighted by atomic mass is 9.98. The van der Waals surface area contributed by atoms with E-state index in [0.717, 1.165) is 18.4 Å². The summed E-state index contributed by atoms with van der Waals surface area (Å²) in [4.78, 5) is 27.1. The van der Waals surface area contributed by atoms with Crippen molar-refractivity contribution in [3.05, 3.63) is 69.4 Å². The van der Waals surface area contributed by atoms with Gasteiger partial charge >= 0.3 is 0 Å². The molecule has 1 amide bonds. The molecule has 5 nitrogen and oxygen atoms in total. The number of nitrogens with one attached hydrogen (secondary N) is 2. The maximum absolute atomic E-state index is 13.2. The normalized spacial score (nSPS) is 18.3. The van der Waals surface area contributed by atoms with Gasteiger partial charge in [0.05, 0.1) is 12.1 Å². The van der Waals surface area contributed by atoms with E-state index in [1.54, 1.807) is 25.1 Å². The number of aromatic amines is 1.